The van der Waals surface area contributed by atoms with Gasteiger partial charge in [-0.2, -0.15) is 0 Å². The summed E-state index contributed by atoms with van der Waals surface area (Å²) in [5, 5.41) is 5.02. The molecule has 3 aromatic rings. The van der Waals surface area contributed by atoms with Gasteiger partial charge in [-0.1, -0.05) is 18.2 Å². The molecule has 0 saturated carbocycles. The molecule has 2 heterocycles. The lowest BCUT2D eigenvalue weighted by Crippen LogP contribution is -2.30. The van der Waals surface area contributed by atoms with E-state index in [1.165, 1.54) is 23.9 Å². The Morgan fingerprint density at radius 2 is 1.89 bits per heavy atom. The van der Waals surface area contributed by atoms with Crippen molar-refractivity contribution in [2.24, 2.45) is 0 Å². The minimum Gasteiger partial charge on any atom is -0.486 e. The molecule has 28 heavy (non-hydrogen) atoms. The van der Waals surface area contributed by atoms with Gasteiger partial charge in [0, 0.05) is 9.77 Å². The first-order valence-corrected chi connectivity index (χ1v) is 10.7. The number of nitrogens with one attached hydrogen (secondary N) is 1. The minimum absolute atomic E-state index is 0.0948. The molecule has 7 heteroatoms. The Bertz CT molecular complexity index is 945. The zero-order valence-electron chi connectivity index (χ0n) is 14.9. The first kappa shape index (κ1) is 18.8. The molecule has 1 aliphatic heterocycles. The highest BCUT2D eigenvalue weighted by molar-refractivity contribution is 8.00. The molecule has 0 saturated heterocycles. The molecule has 0 fully saturated rings. The van der Waals surface area contributed by atoms with Crippen molar-refractivity contribution in [1.82, 2.24) is 5.32 Å². The van der Waals surface area contributed by atoms with Crippen molar-refractivity contribution in [3.63, 3.8) is 0 Å². The van der Waals surface area contributed by atoms with E-state index in [2.05, 4.69) is 5.32 Å². The third-order valence-corrected chi connectivity index (χ3v) is 6.15. The maximum atomic E-state index is 13.3. The third kappa shape index (κ3) is 4.48. The number of thioether (sulfide) groups is 1. The molecule has 0 radical (unpaired) electrons. The lowest BCUT2D eigenvalue weighted by molar-refractivity contribution is -0.119. The molecule has 1 N–H and O–H groups in total. The monoisotopic (exact) mass is 415 g/mol. The van der Waals surface area contributed by atoms with E-state index in [1.807, 2.05) is 35.7 Å². The van der Waals surface area contributed by atoms with Crippen LogP contribution in [0.15, 0.2) is 64.9 Å². The Morgan fingerprint density at radius 1 is 1.11 bits per heavy atom. The molecule has 4 rings (SSSR count). The van der Waals surface area contributed by atoms with E-state index in [0.717, 1.165) is 21.1 Å². The van der Waals surface area contributed by atoms with E-state index in [1.54, 1.807) is 23.5 Å². The van der Waals surface area contributed by atoms with Gasteiger partial charge in [0.25, 0.3) is 0 Å². The summed E-state index contributed by atoms with van der Waals surface area (Å²) < 4.78 is 24.4. The average Bonchev–Trinajstić information content (AvgIpc) is 3.26. The number of benzene rings is 2. The van der Waals surface area contributed by atoms with Crippen LogP contribution in [0, 0.1) is 5.82 Å². The van der Waals surface area contributed by atoms with Gasteiger partial charge in [0.2, 0.25) is 5.91 Å². The molecule has 2 aromatic carbocycles. The fourth-order valence-corrected chi connectivity index (χ4v) is 4.43. The standard InChI is InChI=1S/C21H18FNO3S2/c22-15-5-3-14(4-6-15)21(19-2-1-11-27-19)23-20(24)13-28-16-7-8-17-18(12-16)26-10-9-25-17/h1-8,11-12,21H,9-10,13H2,(H,23,24)/t21-/m0/s1. The Morgan fingerprint density at radius 3 is 2.64 bits per heavy atom. The molecule has 0 aliphatic carbocycles. The maximum absolute atomic E-state index is 13.3. The highest BCUT2D eigenvalue weighted by Gasteiger charge is 2.19. The first-order chi connectivity index (χ1) is 13.7. The number of halogens is 1. The summed E-state index contributed by atoms with van der Waals surface area (Å²) in [6.45, 7) is 1.08. The van der Waals surface area contributed by atoms with Gasteiger partial charge in [0.1, 0.15) is 19.0 Å². The number of hydrogen-bond acceptors (Lipinski definition) is 5. The van der Waals surface area contributed by atoms with Crippen LogP contribution >= 0.6 is 23.1 Å². The Labute approximate surface area is 170 Å². The predicted octanol–water partition coefficient (Wildman–Crippen LogP) is 4.66. The summed E-state index contributed by atoms with van der Waals surface area (Å²) in [4.78, 5) is 14.5. The zero-order valence-corrected chi connectivity index (χ0v) is 16.5. The van der Waals surface area contributed by atoms with Gasteiger partial charge in [0.15, 0.2) is 11.5 Å². The van der Waals surface area contributed by atoms with Gasteiger partial charge >= 0.3 is 0 Å². The van der Waals surface area contributed by atoms with Crippen LogP contribution < -0.4 is 14.8 Å². The van der Waals surface area contributed by atoms with Gasteiger partial charge in [-0.15, -0.1) is 23.1 Å². The number of carbonyl (C=O) groups excluding carboxylic acids is 1. The maximum Gasteiger partial charge on any atom is 0.231 e. The summed E-state index contributed by atoms with van der Waals surface area (Å²) in [5.41, 5.74) is 0.849. The van der Waals surface area contributed by atoms with Crippen molar-refractivity contribution in [3.8, 4) is 11.5 Å². The largest absolute Gasteiger partial charge is 0.486 e. The van der Waals surface area contributed by atoms with Crippen LogP contribution in [0.25, 0.3) is 0 Å². The van der Waals surface area contributed by atoms with Crippen molar-refractivity contribution >= 4 is 29.0 Å². The second kappa shape index (κ2) is 8.67. The van der Waals surface area contributed by atoms with E-state index in [9.17, 15) is 9.18 Å². The molecule has 1 aliphatic rings. The van der Waals surface area contributed by atoms with Gasteiger partial charge in [-0.3, -0.25) is 4.79 Å². The van der Waals surface area contributed by atoms with Gasteiger partial charge in [-0.05, 0) is 47.3 Å². The second-order valence-corrected chi connectivity index (χ2v) is 8.19. The number of thiophene rings is 1. The topological polar surface area (TPSA) is 47.6 Å². The number of hydrogen-bond donors (Lipinski definition) is 1. The molecule has 0 spiro atoms. The summed E-state index contributed by atoms with van der Waals surface area (Å²) in [5.74, 6) is 1.31. The third-order valence-electron chi connectivity index (χ3n) is 4.22. The van der Waals surface area contributed by atoms with Crippen molar-refractivity contribution in [3.05, 3.63) is 76.2 Å². The van der Waals surface area contributed by atoms with Crippen LogP contribution in [-0.4, -0.2) is 24.9 Å². The van der Waals surface area contributed by atoms with Crippen LogP contribution in [0.2, 0.25) is 0 Å². The number of amides is 1. The number of ether oxygens (including phenoxy) is 2. The van der Waals surface area contributed by atoms with Gasteiger partial charge < -0.3 is 14.8 Å². The lowest BCUT2D eigenvalue weighted by atomic mass is 10.1. The molecule has 0 unspecified atom stereocenters. The fourth-order valence-electron chi connectivity index (χ4n) is 2.89. The summed E-state index contributed by atoms with van der Waals surface area (Å²) >= 11 is 2.99. The normalized spacial score (nSPS) is 13.8. The molecule has 144 valence electrons. The smallest absolute Gasteiger partial charge is 0.231 e. The van der Waals surface area contributed by atoms with Gasteiger partial charge in [-0.25, -0.2) is 4.39 Å². The molecular formula is C21H18FNO3S2. The number of fused-ring (bicyclic) bond motifs is 1. The quantitative estimate of drug-likeness (QED) is 0.595. The molecule has 0 bridgehead atoms. The van der Waals surface area contributed by atoms with Crippen molar-refractivity contribution in [2.75, 3.05) is 19.0 Å². The van der Waals surface area contributed by atoms with Crippen LogP contribution in [-0.2, 0) is 4.79 Å². The van der Waals surface area contributed by atoms with Crippen LogP contribution in [0.1, 0.15) is 16.5 Å². The van der Waals surface area contributed by atoms with E-state index in [0.29, 0.717) is 19.0 Å². The highest BCUT2D eigenvalue weighted by Crippen LogP contribution is 2.34. The van der Waals surface area contributed by atoms with E-state index < -0.39 is 0 Å². The molecule has 4 nitrogen and oxygen atoms in total. The predicted molar refractivity (Wildman–Crippen MR) is 109 cm³/mol. The van der Waals surface area contributed by atoms with Crippen LogP contribution in [0.5, 0.6) is 11.5 Å². The van der Waals surface area contributed by atoms with E-state index in [-0.39, 0.29) is 23.5 Å². The van der Waals surface area contributed by atoms with E-state index in [4.69, 9.17) is 9.47 Å². The lowest BCUT2D eigenvalue weighted by Gasteiger charge is -2.19. The summed E-state index contributed by atoms with van der Waals surface area (Å²) in [6, 6.07) is 15.5. The molecule has 1 amide bonds. The minimum atomic E-state index is -0.297. The Balaban J connectivity index is 1.42. The second-order valence-electron chi connectivity index (χ2n) is 6.16. The highest BCUT2D eigenvalue weighted by atomic mass is 32.2. The van der Waals surface area contributed by atoms with Crippen molar-refractivity contribution in [2.45, 2.75) is 10.9 Å². The fraction of sp³-hybridized carbons (Fsp3) is 0.190. The molecule has 1 aromatic heterocycles. The molecular weight excluding hydrogens is 397 g/mol. The zero-order chi connectivity index (χ0) is 19.3. The number of rotatable bonds is 6. The Kier molecular flexibility index (Phi) is 5.83. The SMILES string of the molecule is O=C(CSc1ccc2c(c1)OCCO2)N[C@@H](c1ccc(F)cc1)c1cccs1. The Hall–Kier alpha value is -2.51. The summed E-state index contributed by atoms with van der Waals surface area (Å²) in [7, 11) is 0. The van der Waals surface area contributed by atoms with Crippen molar-refractivity contribution < 1.29 is 18.7 Å². The summed E-state index contributed by atoms with van der Waals surface area (Å²) in [6.07, 6.45) is 0. The first-order valence-electron chi connectivity index (χ1n) is 8.80. The number of carbonyl (C=O) groups is 1. The van der Waals surface area contributed by atoms with E-state index >= 15 is 0 Å². The van der Waals surface area contributed by atoms with Crippen LogP contribution in [0.4, 0.5) is 4.39 Å². The average molecular weight is 416 g/mol. The van der Waals surface area contributed by atoms with Crippen LogP contribution in [0.3, 0.4) is 0 Å². The van der Waals surface area contributed by atoms with Gasteiger partial charge in [0.05, 0.1) is 11.8 Å². The molecule has 1 atom stereocenters. The van der Waals surface area contributed by atoms with Crippen molar-refractivity contribution in [1.29, 1.82) is 0 Å².